The number of ether oxygens (including phenoxy) is 9. The largest absolute Gasteiger partial charge is 0.748 e. The summed E-state index contributed by atoms with van der Waals surface area (Å²) in [6.45, 7) is -1.42. The molecule has 23 atom stereocenters. The van der Waals surface area contributed by atoms with Crippen LogP contribution in [0.4, 0.5) is 0 Å². The maximum atomic E-state index is 12.8. The highest BCUT2D eigenvalue weighted by atomic mass is 32.3. The highest BCUT2D eigenvalue weighted by Crippen LogP contribution is 2.36. The van der Waals surface area contributed by atoms with Gasteiger partial charge in [0.15, 0.2) is 58.9 Å². The first-order valence-electron chi connectivity index (χ1n) is 25.9. The number of aliphatic carboxylic acids is 2. The van der Waals surface area contributed by atoms with Crippen LogP contribution in [-0.2, 0) is 114 Å². The molecule has 0 amide bonds. The van der Waals surface area contributed by atoms with Gasteiger partial charge in [-0.15, -0.1) is 0 Å². The zero-order valence-electron chi connectivity index (χ0n) is 45.2. The zero-order chi connectivity index (χ0) is 67.4. The highest BCUT2D eigenvalue weighted by Gasteiger charge is 2.56. The summed E-state index contributed by atoms with van der Waals surface area (Å²) in [5, 5.41) is 95.7. The second kappa shape index (κ2) is 31.0. The first-order chi connectivity index (χ1) is 41.4. The average molecular weight is 1460 g/mol. The van der Waals surface area contributed by atoms with Crippen LogP contribution in [0.15, 0.2) is 11.8 Å². The molecule has 6 saturated heterocycles. The van der Waals surface area contributed by atoms with Crippen molar-refractivity contribution >= 4 is 102 Å². The second-order valence-electron chi connectivity index (χ2n) is 20.5. The van der Waals surface area contributed by atoms with Crippen LogP contribution in [0.2, 0.25) is 0 Å². The summed E-state index contributed by atoms with van der Waals surface area (Å²) in [6.07, 6.45) is -38.9. The van der Waals surface area contributed by atoms with Gasteiger partial charge in [0, 0.05) is 30.6 Å². The number of carboxylic acid groups (broad SMARTS) is 2. The third-order valence-electron chi connectivity index (χ3n) is 14.1. The molecule has 0 radical (unpaired) electrons. The number of carbonyl (C=O) groups is 2. The molecule has 11 unspecified atom stereocenters. The van der Waals surface area contributed by atoms with Gasteiger partial charge in [0.05, 0.1) is 80.8 Å². The fraction of sp³-hybridized carbons (Fsp3) is 0.872. The van der Waals surface area contributed by atoms with Crippen molar-refractivity contribution in [1.29, 1.82) is 0 Å². The van der Waals surface area contributed by atoms with Gasteiger partial charge >= 0.3 is 0 Å². The number of hydrogen-bond acceptors (Lipinski definition) is 39. The van der Waals surface area contributed by atoms with Crippen LogP contribution < -0.4 is 39.7 Å². The van der Waals surface area contributed by atoms with E-state index >= 15 is 0 Å². The van der Waals surface area contributed by atoms with E-state index in [1.807, 2.05) is 0 Å². The third-order valence-corrected chi connectivity index (χ3v) is 19.1. The molecule has 7 heterocycles. The first kappa shape index (κ1) is 76.3. The van der Waals surface area contributed by atoms with Crippen molar-refractivity contribution in [2.45, 2.75) is 160 Å². The first-order valence-corrected chi connectivity index (χ1v) is 36.2. The van der Waals surface area contributed by atoms with Crippen molar-refractivity contribution in [3.05, 3.63) is 11.8 Å². The van der Waals surface area contributed by atoms with Crippen molar-refractivity contribution in [2.75, 3.05) is 42.8 Å². The predicted octanol–water partition coefficient (Wildman–Crippen LogP) is -14.8. The van der Waals surface area contributed by atoms with E-state index in [-0.39, 0.29) is 30.7 Å². The summed E-state index contributed by atoms with van der Waals surface area (Å²) in [4.78, 5) is 24.4. The predicted molar refractivity (Wildman–Crippen MR) is 278 cm³/mol. The van der Waals surface area contributed by atoms with Crippen LogP contribution in [0.3, 0.4) is 0 Å². The monoisotopic (exact) mass is 1460 g/mol. The second-order valence-corrected chi connectivity index (χ2v) is 29.6. The molecular formula is C39H58N6O37S8-8. The third kappa shape index (κ3) is 22.2. The lowest BCUT2D eigenvalue weighted by Crippen LogP contribution is -2.72. The minimum Gasteiger partial charge on any atom is -0.748 e. The van der Waals surface area contributed by atoms with Gasteiger partial charge in [-0.3, -0.25) is 0 Å². The molecule has 0 aromatic rings. The van der Waals surface area contributed by atoms with E-state index in [9.17, 15) is 128 Å². The zero-order valence-corrected chi connectivity index (χ0v) is 51.8. The number of fused-ring (bicyclic) bond motifs is 7. The van der Waals surface area contributed by atoms with Crippen LogP contribution in [0.25, 0.3) is 0 Å². The molecule has 0 aromatic carbocycles. The van der Waals surface area contributed by atoms with Gasteiger partial charge in [-0.1, -0.05) is 12.8 Å². The highest BCUT2D eigenvalue weighted by molar-refractivity contribution is 7.99. The Kier molecular flexibility index (Phi) is 26.3. The van der Waals surface area contributed by atoms with E-state index in [1.54, 1.807) is 0 Å². The van der Waals surface area contributed by atoms with Gasteiger partial charge in [-0.2, -0.15) is 11.8 Å². The Morgan fingerprint density at radius 3 is 1.71 bits per heavy atom. The average Bonchev–Trinajstić information content (AvgIpc) is 0.783. The van der Waals surface area contributed by atoms with Gasteiger partial charge in [0.1, 0.15) is 91.1 Å². The number of aliphatic hydroxyl groups is 6. The van der Waals surface area contributed by atoms with Crippen molar-refractivity contribution in [1.82, 2.24) is 29.5 Å². The molecule has 7 aliphatic rings. The fourth-order valence-electron chi connectivity index (χ4n) is 10.3. The molecule has 90 heavy (non-hydrogen) atoms. The van der Waals surface area contributed by atoms with Gasteiger partial charge in [-0.25, -0.2) is 69.4 Å². The number of carboxylic acids is 2. The topological polar surface area (TPSA) is 700 Å². The Hall–Kier alpha value is -2.74. The van der Waals surface area contributed by atoms with E-state index in [0.717, 1.165) is 6.42 Å². The lowest BCUT2D eigenvalue weighted by atomic mass is 9.85. The number of nitrogens with one attached hydrogen (secondary N) is 6. The molecule has 0 spiro atoms. The molecule has 7 aliphatic heterocycles. The molecule has 0 saturated carbocycles. The maximum Gasteiger partial charge on any atom is 0.219 e. The minimum absolute atomic E-state index is 0.0475. The lowest BCUT2D eigenvalue weighted by Gasteiger charge is -2.50. The van der Waals surface area contributed by atoms with Crippen LogP contribution >= 0.6 is 24.0 Å². The standard InChI is InChI=1S/C39H66N6O37S8/c46-14-8-15(34(52)53)78-36(20(14)42-87(62,63)64)80-29-18(11-85(56,57)58)76-16(21(25(29)48)43-88(65,66)67)9-75-31-27(50)23(45-90(71,72)73)37(82-32(31)35(54)55)81-30-19(12-86(59,60)61)77-33(22(26(30)49)44-89(68,69)70)41-39(83)40-5-7-84-10-17-13-4-2-1-3-6-74-38(79-17)28(51)24(13)47/h8,13-14,16-33,36-38,42-51H,1-7,9-12H2,(H,52,53)(H,54,55)(H2,40,41,83)(H,56,57,58)(H,59,60,61)(H,62,63,64)(H,65,66,67)(H,68,69,70)(H,71,72,73)/p-8/t13?,14-,16-,17?,18?,19?,20?,21?,22?,23?,24?,25+,26+,27+,28?,29-,30-,31+,32?,33+,36-,37+,38+/m0/s1. The summed E-state index contributed by atoms with van der Waals surface area (Å²) in [7, 11) is -34.8. The van der Waals surface area contributed by atoms with Gasteiger partial charge in [0.25, 0.3) is 0 Å². The van der Waals surface area contributed by atoms with Crippen molar-refractivity contribution in [3.8, 4) is 0 Å². The molecule has 7 rings (SSSR count). The molecule has 6 fully saturated rings. The van der Waals surface area contributed by atoms with E-state index in [1.165, 1.54) is 30.7 Å². The molecule has 43 nitrogen and oxygen atoms in total. The van der Waals surface area contributed by atoms with E-state index < -0.39 is 243 Å². The molecule has 12 N–H and O–H groups in total. The summed E-state index contributed by atoms with van der Waals surface area (Å²) < 4.78 is 272. The molecule has 0 aromatic heterocycles. The van der Waals surface area contributed by atoms with Gasteiger partial charge < -0.3 is 131 Å². The van der Waals surface area contributed by atoms with Crippen LogP contribution in [-0.4, -0.2) is 303 Å². The molecule has 522 valence electrons. The number of carbonyl (C=O) groups excluding carboxylic acids is 2. The SMILES string of the molecule is O=C([O-])C1=C[C@H](O)C(NS(=O)(=O)[O-])[C@H](O[C@H]2C(CS(=O)(=O)[O-])O[C@@H](CO[C@H]3C(C(=O)[O-])O[C@@H](O[C@H]4C(CS(=O)(=O)[O-])O[C@@H](NC(=S)NCCSCC5O[C@H]6OCCCCCC5C(O)C6O)C(NS(=O)(=O)[O-])[C@H]4O)C(NS(=O)(=O)[O-])[C@H]3O)C(NS(=O)(=O)[O-])[C@H]2O)O1. The number of hydrogen-bond donors (Lipinski definition) is 12. The number of thiocarbonyl (C=S) groups is 1. The molecule has 51 heteroatoms. The molecular weight excluding hydrogens is 1400 g/mol. The molecule has 0 aliphatic carbocycles. The maximum absolute atomic E-state index is 12.8. The Balaban J connectivity index is 1.23. The quantitative estimate of drug-likeness (QED) is 0.0206. The summed E-state index contributed by atoms with van der Waals surface area (Å²) in [5.41, 5.74) is 0. The fourth-order valence-corrected chi connectivity index (χ4v) is 15.2. The van der Waals surface area contributed by atoms with Crippen molar-refractivity contribution < 1.29 is 171 Å². The smallest absolute Gasteiger partial charge is 0.219 e. The number of aliphatic hydroxyl groups excluding tert-OH is 6. The summed E-state index contributed by atoms with van der Waals surface area (Å²) in [5.74, 6) is -9.98. The van der Waals surface area contributed by atoms with Crippen molar-refractivity contribution in [3.63, 3.8) is 0 Å². The Morgan fingerprint density at radius 2 is 1.14 bits per heavy atom. The Bertz CT molecular complexity index is 3250. The lowest BCUT2D eigenvalue weighted by molar-refractivity contribution is -0.353. The number of thioether (sulfide) groups is 1. The Morgan fingerprint density at radius 1 is 0.611 bits per heavy atom. The summed E-state index contributed by atoms with van der Waals surface area (Å²) >= 11 is 6.52. The Labute approximate surface area is 521 Å². The minimum atomic E-state index is -6.04. The molecule has 2 bridgehead atoms. The number of rotatable bonds is 27. The normalized spacial score (nSPS) is 37.6. The van der Waals surface area contributed by atoms with Crippen LogP contribution in [0, 0.1) is 5.92 Å². The van der Waals surface area contributed by atoms with Gasteiger partial charge in [0.2, 0.25) is 6.29 Å². The summed E-state index contributed by atoms with van der Waals surface area (Å²) in [6, 6.07) is -10.4. The van der Waals surface area contributed by atoms with E-state index in [4.69, 9.17) is 54.8 Å². The van der Waals surface area contributed by atoms with E-state index in [2.05, 4.69) is 10.6 Å². The van der Waals surface area contributed by atoms with Crippen LogP contribution in [0.1, 0.15) is 25.7 Å². The van der Waals surface area contributed by atoms with Crippen molar-refractivity contribution in [2.24, 2.45) is 5.92 Å². The van der Waals surface area contributed by atoms with E-state index in [0.29, 0.717) is 19.3 Å². The van der Waals surface area contributed by atoms with Gasteiger partial charge in [-0.05, 0) is 31.1 Å². The van der Waals surface area contributed by atoms with Crippen LogP contribution in [0.5, 0.6) is 0 Å².